The fourth-order valence-electron chi connectivity index (χ4n) is 3.22. The van der Waals surface area contributed by atoms with Crippen LogP contribution in [0.25, 0.3) is 11.1 Å². The van der Waals surface area contributed by atoms with E-state index in [4.69, 9.17) is 0 Å². The molecule has 0 spiro atoms. The summed E-state index contributed by atoms with van der Waals surface area (Å²) in [5, 5.41) is 9.41. The van der Waals surface area contributed by atoms with Gasteiger partial charge < -0.3 is 5.11 Å². The third-order valence-electron chi connectivity index (χ3n) is 4.34. The van der Waals surface area contributed by atoms with Crippen LogP contribution in [-0.4, -0.2) is 11.7 Å². The molecule has 104 valence electrons. The Bertz CT molecular complexity index is 634. The lowest BCUT2D eigenvalue weighted by atomic mass is 9.83. The largest absolute Gasteiger partial charge is 0.396 e. The molecule has 0 fully saturated rings. The van der Waals surface area contributed by atoms with Crippen molar-refractivity contribution < 1.29 is 5.11 Å². The molecule has 1 nitrogen and oxygen atoms in total. The molecular formula is C19H22O. The van der Waals surface area contributed by atoms with Crippen LogP contribution in [-0.2, 0) is 5.41 Å². The second-order valence-electron chi connectivity index (χ2n) is 6.70. The SMILES string of the molecule is CC(C)(C)c1ccc2c(c1)C(CCO)c1ccccc1-2. The first-order valence-electron chi connectivity index (χ1n) is 7.37. The summed E-state index contributed by atoms with van der Waals surface area (Å²) in [6.07, 6.45) is 0.803. The Morgan fingerprint density at radius 1 is 0.950 bits per heavy atom. The van der Waals surface area contributed by atoms with Crippen LogP contribution in [0.2, 0.25) is 0 Å². The smallest absolute Gasteiger partial charge is 0.0440 e. The molecule has 20 heavy (non-hydrogen) atoms. The van der Waals surface area contributed by atoms with Gasteiger partial charge in [-0.25, -0.2) is 0 Å². The lowest BCUT2D eigenvalue weighted by Crippen LogP contribution is -2.11. The summed E-state index contributed by atoms with van der Waals surface area (Å²) in [6.45, 7) is 6.98. The first-order valence-corrected chi connectivity index (χ1v) is 7.37. The van der Waals surface area contributed by atoms with Gasteiger partial charge in [-0.1, -0.05) is 63.2 Å². The monoisotopic (exact) mass is 266 g/mol. The van der Waals surface area contributed by atoms with Gasteiger partial charge in [0.15, 0.2) is 0 Å². The van der Waals surface area contributed by atoms with Crippen LogP contribution in [0.1, 0.15) is 49.8 Å². The van der Waals surface area contributed by atoms with Gasteiger partial charge >= 0.3 is 0 Å². The van der Waals surface area contributed by atoms with E-state index in [1.54, 1.807) is 0 Å². The Kier molecular flexibility index (Phi) is 3.18. The van der Waals surface area contributed by atoms with Crippen molar-refractivity contribution in [3.05, 3.63) is 59.2 Å². The lowest BCUT2D eigenvalue weighted by Gasteiger charge is -2.21. The highest BCUT2D eigenvalue weighted by atomic mass is 16.3. The van der Waals surface area contributed by atoms with Gasteiger partial charge in [-0.2, -0.15) is 0 Å². The topological polar surface area (TPSA) is 20.2 Å². The van der Waals surface area contributed by atoms with E-state index >= 15 is 0 Å². The molecule has 0 aliphatic heterocycles. The molecule has 1 aliphatic rings. The van der Waals surface area contributed by atoms with Crippen molar-refractivity contribution >= 4 is 0 Å². The summed E-state index contributed by atoms with van der Waals surface area (Å²) >= 11 is 0. The van der Waals surface area contributed by atoms with Crippen molar-refractivity contribution in [2.45, 2.75) is 38.5 Å². The quantitative estimate of drug-likeness (QED) is 0.849. The molecule has 2 aromatic rings. The van der Waals surface area contributed by atoms with E-state index < -0.39 is 0 Å². The van der Waals surface area contributed by atoms with Crippen LogP contribution in [0, 0.1) is 0 Å². The maximum absolute atomic E-state index is 9.41. The minimum atomic E-state index is 0.160. The molecule has 0 bridgehead atoms. The van der Waals surface area contributed by atoms with Crippen LogP contribution >= 0.6 is 0 Å². The predicted octanol–water partition coefficient (Wildman–Crippen LogP) is 4.48. The normalized spacial score (nSPS) is 16.9. The summed E-state index contributed by atoms with van der Waals surface area (Å²) in [5.74, 6) is 0.341. The molecule has 0 heterocycles. The van der Waals surface area contributed by atoms with Crippen LogP contribution in [0.4, 0.5) is 0 Å². The Morgan fingerprint density at radius 3 is 2.35 bits per heavy atom. The second kappa shape index (κ2) is 4.75. The van der Waals surface area contributed by atoms with Gasteiger partial charge in [0.05, 0.1) is 0 Å². The van der Waals surface area contributed by atoms with Crippen LogP contribution < -0.4 is 0 Å². The molecule has 0 aromatic heterocycles. The van der Waals surface area contributed by atoms with E-state index in [9.17, 15) is 5.11 Å². The van der Waals surface area contributed by atoms with Crippen molar-refractivity contribution in [2.75, 3.05) is 6.61 Å². The molecule has 3 rings (SSSR count). The Hall–Kier alpha value is -1.60. The Labute approximate surface area is 121 Å². The number of rotatable bonds is 2. The van der Waals surface area contributed by atoms with Gasteiger partial charge in [0.2, 0.25) is 0 Å². The Morgan fingerprint density at radius 2 is 1.65 bits per heavy atom. The first kappa shape index (κ1) is 13.4. The molecule has 0 amide bonds. The number of benzene rings is 2. The summed E-state index contributed by atoms with van der Waals surface area (Å²) in [6, 6.07) is 15.4. The number of aliphatic hydroxyl groups is 1. The minimum Gasteiger partial charge on any atom is -0.396 e. The maximum Gasteiger partial charge on any atom is 0.0440 e. The van der Waals surface area contributed by atoms with Gasteiger partial charge in [0.25, 0.3) is 0 Å². The van der Waals surface area contributed by atoms with E-state index in [0.29, 0.717) is 5.92 Å². The summed E-state index contributed by atoms with van der Waals surface area (Å²) in [4.78, 5) is 0. The standard InChI is InChI=1S/C19H22O/c1-19(2,3)13-8-9-16-14-6-4-5-7-15(14)17(10-11-20)18(16)12-13/h4-9,12,17,20H,10-11H2,1-3H3. The molecule has 0 radical (unpaired) electrons. The van der Waals surface area contributed by atoms with Crippen LogP contribution in [0.3, 0.4) is 0 Å². The van der Waals surface area contributed by atoms with Gasteiger partial charge in [0, 0.05) is 12.5 Å². The first-order chi connectivity index (χ1) is 9.52. The lowest BCUT2D eigenvalue weighted by molar-refractivity contribution is 0.282. The minimum absolute atomic E-state index is 0.160. The molecule has 1 N–H and O–H groups in total. The number of hydrogen-bond donors (Lipinski definition) is 1. The van der Waals surface area contributed by atoms with Crippen molar-refractivity contribution in [3.8, 4) is 11.1 Å². The highest BCUT2D eigenvalue weighted by Gasteiger charge is 2.29. The third kappa shape index (κ3) is 2.06. The fraction of sp³-hybridized carbons (Fsp3) is 0.368. The van der Waals surface area contributed by atoms with E-state index in [1.807, 2.05) is 0 Å². The zero-order valence-corrected chi connectivity index (χ0v) is 12.5. The van der Waals surface area contributed by atoms with Crippen molar-refractivity contribution in [3.63, 3.8) is 0 Å². The van der Waals surface area contributed by atoms with E-state index in [2.05, 4.69) is 63.2 Å². The summed E-state index contributed by atoms with van der Waals surface area (Å²) in [5.41, 5.74) is 6.95. The Balaban J connectivity index is 2.17. The molecule has 2 aromatic carbocycles. The number of hydrogen-bond acceptors (Lipinski definition) is 1. The molecular weight excluding hydrogens is 244 g/mol. The zero-order chi connectivity index (χ0) is 14.3. The van der Waals surface area contributed by atoms with E-state index in [-0.39, 0.29) is 12.0 Å². The van der Waals surface area contributed by atoms with Gasteiger partial charge in [-0.05, 0) is 39.7 Å². The fourth-order valence-corrected chi connectivity index (χ4v) is 3.22. The van der Waals surface area contributed by atoms with Gasteiger partial charge in [-0.3, -0.25) is 0 Å². The van der Waals surface area contributed by atoms with Gasteiger partial charge in [-0.15, -0.1) is 0 Å². The molecule has 1 unspecified atom stereocenters. The number of fused-ring (bicyclic) bond motifs is 3. The molecule has 1 aliphatic carbocycles. The predicted molar refractivity (Wildman–Crippen MR) is 84.1 cm³/mol. The van der Waals surface area contributed by atoms with Crippen molar-refractivity contribution in [1.82, 2.24) is 0 Å². The second-order valence-corrected chi connectivity index (χ2v) is 6.70. The van der Waals surface area contributed by atoms with E-state index in [0.717, 1.165) is 6.42 Å². The molecule has 1 atom stereocenters. The highest BCUT2D eigenvalue weighted by Crippen LogP contribution is 2.47. The van der Waals surface area contributed by atoms with E-state index in [1.165, 1.54) is 27.8 Å². The summed E-state index contributed by atoms with van der Waals surface area (Å²) in [7, 11) is 0. The van der Waals surface area contributed by atoms with Crippen molar-refractivity contribution in [1.29, 1.82) is 0 Å². The average Bonchev–Trinajstić information content (AvgIpc) is 2.73. The molecule has 1 heteroatoms. The third-order valence-corrected chi connectivity index (χ3v) is 4.34. The van der Waals surface area contributed by atoms with Crippen LogP contribution in [0.5, 0.6) is 0 Å². The van der Waals surface area contributed by atoms with Gasteiger partial charge in [0.1, 0.15) is 0 Å². The van der Waals surface area contributed by atoms with Crippen LogP contribution in [0.15, 0.2) is 42.5 Å². The summed E-state index contributed by atoms with van der Waals surface area (Å²) < 4.78 is 0. The maximum atomic E-state index is 9.41. The average molecular weight is 266 g/mol. The zero-order valence-electron chi connectivity index (χ0n) is 12.5. The van der Waals surface area contributed by atoms with Crippen molar-refractivity contribution in [2.24, 2.45) is 0 Å². The highest BCUT2D eigenvalue weighted by molar-refractivity contribution is 5.79. The molecule has 0 saturated carbocycles. The number of aliphatic hydroxyl groups excluding tert-OH is 1. The molecule has 0 saturated heterocycles.